The van der Waals surface area contributed by atoms with Gasteiger partial charge in [0.15, 0.2) is 5.96 Å². The summed E-state index contributed by atoms with van der Waals surface area (Å²) in [6, 6.07) is 18.5. The number of hydrogen-bond acceptors (Lipinski definition) is 3. The fraction of sp³-hybridized carbons (Fsp3) is 0.440. The molecule has 6 nitrogen and oxygen atoms in total. The van der Waals surface area contributed by atoms with Crippen LogP contribution in [0.3, 0.4) is 0 Å². The van der Waals surface area contributed by atoms with Gasteiger partial charge in [-0.1, -0.05) is 60.2 Å². The second kappa shape index (κ2) is 12.1. The molecule has 3 rings (SSSR count). The monoisotopic (exact) mass is 422 g/mol. The number of nitrogens with one attached hydrogen (secondary N) is 3. The van der Waals surface area contributed by atoms with E-state index >= 15 is 0 Å². The van der Waals surface area contributed by atoms with Crippen LogP contribution in [0.1, 0.15) is 42.1 Å². The lowest BCUT2D eigenvalue weighted by Gasteiger charge is -2.32. The Bertz CT molecular complexity index is 836. The minimum absolute atomic E-state index is 0.0203. The first-order valence-electron chi connectivity index (χ1n) is 11.1. The summed E-state index contributed by atoms with van der Waals surface area (Å²) in [5, 5.41) is 9.59. The zero-order valence-corrected chi connectivity index (χ0v) is 18.6. The Morgan fingerprint density at radius 1 is 1.06 bits per heavy atom. The molecule has 3 N–H and O–H groups in total. The highest BCUT2D eigenvalue weighted by Gasteiger charge is 2.27. The van der Waals surface area contributed by atoms with Gasteiger partial charge in [0.05, 0.1) is 6.10 Å². The van der Waals surface area contributed by atoms with E-state index in [1.807, 2.05) is 30.3 Å². The molecule has 2 aromatic rings. The van der Waals surface area contributed by atoms with Crippen molar-refractivity contribution in [2.45, 2.75) is 38.8 Å². The standard InChI is InChI=1S/C25H34N4O2/c1-19-10-12-21(13-11-19)24-22(9-6-16-31-24)18-29-25(26-2)27-15-14-23(30)28-17-20-7-4-3-5-8-20/h3-5,7-8,10-13,22,24H,6,9,14-18H2,1-2H3,(H,28,30)(H2,26,27,29). The molecule has 0 aromatic heterocycles. The third-order valence-corrected chi connectivity index (χ3v) is 5.58. The Balaban J connectivity index is 1.40. The maximum absolute atomic E-state index is 12.1. The molecule has 1 amide bonds. The molecular weight excluding hydrogens is 388 g/mol. The molecule has 2 atom stereocenters. The summed E-state index contributed by atoms with van der Waals surface area (Å²) < 4.78 is 6.11. The van der Waals surface area contributed by atoms with E-state index in [2.05, 4.69) is 52.1 Å². The Morgan fingerprint density at radius 2 is 1.84 bits per heavy atom. The van der Waals surface area contributed by atoms with Crippen molar-refractivity contribution in [3.8, 4) is 0 Å². The fourth-order valence-corrected chi connectivity index (χ4v) is 3.80. The molecule has 31 heavy (non-hydrogen) atoms. The third-order valence-electron chi connectivity index (χ3n) is 5.58. The number of carbonyl (C=O) groups excluding carboxylic acids is 1. The van der Waals surface area contributed by atoms with Crippen LogP contribution in [0.5, 0.6) is 0 Å². The van der Waals surface area contributed by atoms with Crippen molar-refractivity contribution in [1.29, 1.82) is 0 Å². The number of aryl methyl sites for hydroxylation is 1. The Kier molecular flexibility index (Phi) is 8.91. The van der Waals surface area contributed by atoms with Gasteiger partial charge < -0.3 is 20.7 Å². The molecule has 166 valence electrons. The number of guanidine groups is 1. The topological polar surface area (TPSA) is 74.8 Å². The predicted octanol–water partition coefficient (Wildman–Crippen LogP) is 3.33. The van der Waals surface area contributed by atoms with Gasteiger partial charge in [0.25, 0.3) is 0 Å². The van der Waals surface area contributed by atoms with E-state index in [1.54, 1.807) is 7.05 Å². The molecule has 1 fully saturated rings. The van der Waals surface area contributed by atoms with Crippen LogP contribution in [0.25, 0.3) is 0 Å². The van der Waals surface area contributed by atoms with Crippen molar-refractivity contribution in [2.24, 2.45) is 10.9 Å². The number of benzene rings is 2. The summed E-state index contributed by atoms with van der Waals surface area (Å²) in [6.07, 6.45) is 2.68. The average molecular weight is 423 g/mol. The molecule has 0 saturated carbocycles. The third kappa shape index (κ3) is 7.40. The van der Waals surface area contributed by atoms with Gasteiger partial charge >= 0.3 is 0 Å². The van der Waals surface area contributed by atoms with Gasteiger partial charge in [0.2, 0.25) is 5.91 Å². The molecule has 2 unspecified atom stereocenters. The van der Waals surface area contributed by atoms with E-state index in [0.29, 0.717) is 31.4 Å². The molecule has 1 aliphatic heterocycles. The first-order chi connectivity index (χ1) is 15.2. The number of aliphatic imine (C=N–C) groups is 1. The smallest absolute Gasteiger partial charge is 0.222 e. The predicted molar refractivity (Wildman–Crippen MR) is 125 cm³/mol. The Morgan fingerprint density at radius 3 is 2.58 bits per heavy atom. The van der Waals surface area contributed by atoms with Crippen molar-refractivity contribution in [3.05, 3.63) is 71.3 Å². The molecular formula is C25H34N4O2. The lowest BCUT2D eigenvalue weighted by Crippen LogP contribution is -2.43. The maximum atomic E-state index is 12.1. The van der Waals surface area contributed by atoms with Gasteiger partial charge in [0, 0.05) is 45.6 Å². The van der Waals surface area contributed by atoms with Crippen LogP contribution in [0.4, 0.5) is 0 Å². The quantitative estimate of drug-likeness (QED) is 0.451. The molecule has 0 spiro atoms. The van der Waals surface area contributed by atoms with Crippen LogP contribution in [-0.2, 0) is 16.1 Å². The molecule has 0 bridgehead atoms. The van der Waals surface area contributed by atoms with Gasteiger partial charge in [-0.15, -0.1) is 0 Å². The molecule has 6 heteroatoms. The number of nitrogens with zero attached hydrogens (tertiary/aromatic N) is 1. The lowest BCUT2D eigenvalue weighted by molar-refractivity contribution is -0.121. The minimum atomic E-state index is 0.0203. The highest BCUT2D eigenvalue weighted by molar-refractivity contribution is 5.81. The van der Waals surface area contributed by atoms with Gasteiger partial charge in [-0.25, -0.2) is 0 Å². The van der Waals surface area contributed by atoms with Gasteiger partial charge in [-0.3, -0.25) is 9.79 Å². The SMILES string of the molecule is CN=C(NCCC(=O)NCc1ccccc1)NCC1CCCOC1c1ccc(C)cc1. The van der Waals surface area contributed by atoms with Crippen LogP contribution in [0.15, 0.2) is 59.6 Å². The maximum Gasteiger partial charge on any atom is 0.222 e. The second-order valence-electron chi connectivity index (χ2n) is 8.00. The van der Waals surface area contributed by atoms with E-state index in [1.165, 1.54) is 11.1 Å². The minimum Gasteiger partial charge on any atom is -0.373 e. The van der Waals surface area contributed by atoms with Gasteiger partial charge in [0.1, 0.15) is 0 Å². The normalized spacial score (nSPS) is 19.0. The van der Waals surface area contributed by atoms with Crippen LogP contribution >= 0.6 is 0 Å². The van der Waals surface area contributed by atoms with Crippen LogP contribution in [0, 0.1) is 12.8 Å². The molecule has 2 aromatic carbocycles. The van der Waals surface area contributed by atoms with Gasteiger partial charge in [-0.2, -0.15) is 0 Å². The Hall–Kier alpha value is -2.86. The van der Waals surface area contributed by atoms with Crippen molar-refractivity contribution >= 4 is 11.9 Å². The molecule has 1 heterocycles. The van der Waals surface area contributed by atoms with E-state index in [4.69, 9.17) is 4.74 Å². The van der Waals surface area contributed by atoms with E-state index < -0.39 is 0 Å². The molecule has 1 aliphatic rings. The van der Waals surface area contributed by atoms with Crippen LogP contribution in [-0.4, -0.2) is 38.6 Å². The van der Waals surface area contributed by atoms with Crippen LogP contribution in [0.2, 0.25) is 0 Å². The summed E-state index contributed by atoms with van der Waals surface area (Å²) >= 11 is 0. The van der Waals surface area contributed by atoms with E-state index in [-0.39, 0.29) is 12.0 Å². The highest BCUT2D eigenvalue weighted by atomic mass is 16.5. The summed E-state index contributed by atoms with van der Waals surface area (Å²) in [7, 11) is 1.75. The second-order valence-corrected chi connectivity index (χ2v) is 8.00. The zero-order valence-electron chi connectivity index (χ0n) is 18.6. The first-order valence-corrected chi connectivity index (χ1v) is 11.1. The number of hydrogen-bond donors (Lipinski definition) is 3. The summed E-state index contributed by atoms with van der Waals surface area (Å²) in [5.74, 6) is 1.11. The van der Waals surface area contributed by atoms with Crippen LogP contribution < -0.4 is 16.0 Å². The summed E-state index contributed by atoms with van der Waals surface area (Å²) in [6.45, 7) is 4.76. The van der Waals surface area contributed by atoms with E-state index in [0.717, 1.165) is 31.6 Å². The molecule has 0 radical (unpaired) electrons. The van der Waals surface area contributed by atoms with Gasteiger partial charge in [-0.05, 0) is 30.9 Å². The van der Waals surface area contributed by atoms with E-state index in [9.17, 15) is 4.79 Å². The van der Waals surface area contributed by atoms with Crippen molar-refractivity contribution in [2.75, 3.05) is 26.7 Å². The fourth-order valence-electron chi connectivity index (χ4n) is 3.80. The zero-order chi connectivity index (χ0) is 21.9. The largest absolute Gasteiger partial charge is 0.373 e. The number of ether oxygens (including phenoxy) is 1. The van der Waals surface area contributed by atoms with Crippen molar-refractivity contribution < 1.29 is 9.53 Å². The number of amides is 1. The molecule has 0 aliphatic carbocycles. The summed E-state index contributed by atoms with van der Waals surface area (Å²) in [4.78, 5) is 16.4. The first kappa shape index (κ1) is 22.8. The van der Waals surface area contributed by atoms with Crippen molar-refractivity contribution in [1.82, 2.24) is 16.0 Å². The molecule has 1 saturated heterocycles. The Labute approximate surface area is 185 Å². The highest BCUT2D eigenvalue weighted by Crippen LogP contribution is 2.33. The summed E-state index contributed by atoms with van der Waals surface area (Å²) in [5.41, 5.74) is 3.58. The number of rotatable bonds is 8. The number of carbonyl (C=O) groups is 1. The van der Waals surface area contributed by atoms with Crippen molar-refractivity contribution in [3.63, 3.8) is 0 Å². The average Bonchev–Trinajstić information content (AvgIpc) is 2.81. The lowest BCUT2D eigenvalue weighted by atomic mass is 9.89.